The molecule has 0 aliphatic rings. The lowest BCUT2D eigenvalue weighted by atomic mass is 10.1. The molecule has 0 amide bonds. The highest BCUT2D eigenvalue weighted by atomic mass is 32.2. The summed E-state index contributed by atoms with van der Waals surface area (Å²) in [6.45, 7) is 10.1. The smallest absolute Gasteiger partial charge is 0.210 e. The van der Waals surface area contributed by atoms with Crippen molar-refractivity contribution in [3.63, 3.8) is 0 Å². The normalized spacial score (nSPS) is 11.7. The Morgan fingerprint density at radius 1 is 1.15 bits per heavy atom. The number of carbonyl (C=O) groups is 1. The number of nitrogens with zero attached hydrogens (tertiary/aromatic N) is 5. The van der Waals surface area contributed by atoms with Gasteiger partial charge in [-0.2, -0.15) is 0 Å². The Kier molecular flexibility index (Phi) is 5.00. The van der Waals surface area contributed by atoms with Crippen LogP contribution in [0.15, 0.2) is 41.6 Å². The van der Waals surface area contributed by atoms with Gasteiger partial charge < -0.3 is 4.57 Å². The van der Waals surface area contributed by atoms with Crippen LogP contribution >= 0.6 is 11.8 Å². The Balaban J connectivity index is 1.81. The molecule has 0 N–H and O–H groups in total. The summed E-state index contributed by atoms with van der Waals surface area (Å²) in [6.07, 6.45) is 0. The Morgan fingerprint density at radius 2 is 1.85 bits per heavy atom. The van der Waals surface area contributed by atoms with Crippen LogP contribution in [0, 0.1) is 13.8 Å². The van der Waals surface area contributed by atoms with E-state index in [0.717, 1.165) is 22.6 Å². The van der Waals surface area contributed by atoms with Crippen molar-refractivity contribution in [2.45, 2.75) is 45.3 Å². The van der Waals surface area contributed by atoms with Gasteiger partial charge in [-0.1, -0.05) is 30.0 Å². The zero-order chi connectivity index (χ0) is 18.9. The molecule has 3 aromatic rings. The van der Waals surface area contributed by atoms with Gasteiger partial charge in [0.05, 0.1) is 11.3 Å². The highest BCUT2D eigenvalue weighted by molar-refractivity contribution is 7.99. The van der Waals surface area contributed by atoms with Crippen molar-refractivity contribution in [1.82, 2.24) is 24.8 Å². The molecule has 0 unspecified atom stereocenters. The number of Topliss-reactive ketones (excluding diaryl/α,β-unsaturated/α-hetero) is 1. The average molecular weight is 369 g/mol. The van der Waals surface area contributed by atoms with Crippen LogP contribution in [0.3, 0.4) is 0 Å². The van der Waals surface area contributed by atoms with E-state index < -0.39 is 0 Å². The van der Waals surface area contributed by atoms with Gasteiger partial charge in [0, 0.05) is 22.6 Å². The average Bonchev–Trinajstić information content (AvgIpc) is 3.18. The van der Waals surface area contributed by atoms with Crippen molar-refractivity contribution in [2.24, 2.45) is 0 Å². The maximum Gasteiger partial charge on any atom is 0.210 e. The van der Waals surface area contributed by atoms with Crippen LogP contribution in [-0.4, -0.2) is 36.3 Å². The molecule has 2 aromatic heterocycles. The van der Waals surface area contributed by atoms with Gasteiger partial charge >= 0.3 is 0 Å². The lowest BCUT2D eigenvalue weighted by molar-refractivity contribution is 0.102. The van der Waals surface area contributed by atoms with Gasteiger partial charge in [0.2, 0.25) is 5.16 Å². The van der Waals surface area contributed by atoms with E-state index in [2.05, 4.69) is 20.1 Å². The second-order valence-corrected chi connectivity index (χ2v) is 8.15. The quantitative estimate of drug-likeness (QED) is 0.505. The molecule has 1 aromatic carbocycles. The molecule has 136 valence electrons. The first kappa shape index (κ1) is 18.4. The number of para-hydroxylation sites is 1. The Morgan fingerprint density at radius 3 is 2.50 bits per heavy atom. The summed E-state index contributed by atoms with van der Waals surface area (Å²) in [5.74, 6) is 0.379. The van der Waals surface area contributed by atoms with Crippen LogP contribution < -0.4 is 0 Å². The lowest BCUT2D eigenvalue weighted by Gasteiger charge is -2.19. The molecule has 6 nitrogen and oxygen atoms in total. The molecule has 0 fully saturated rings. The van der Waals surface area contributed by atoms with Crippen LogP contribution in [-0.2, 0) is 5.54 Å². The minimum absolute atomic E-state index is 0.0775. The third kappa shape index (κ3) is 3.58. The first-order valence-electron chi connectivity index (χ1n) is 8.48. The van der Waals surface area contributed by atoms with Gasteiger partial charge in [0.25, 0.3) is 0 Å². The Hall–Kier alpha value is -2.41. The molecule has 0 bridgehead atoms. The number of rotatable bonds is 5. The van der Waals surface area contributed by atoms with Crippen LogP contribution in [0.1, 0.15) is 42.5 Å². The minimum atomic E-state index is -0.224. The van der Waals surface area contributed by atoms with Crippen molar-refractivity contribution in [3.05, 3.63) is 53.3 Å². The summed E-state index contributed by atoms with van der Waals surface area (Å²) >= 11 is 1.37. The number of hydrogen-bond donors (Lipinski definition) is 0. The summed E-state index contributed by atoms with van der Waals surface area (Å²) < 4.78 is 3.86. The predicted octanol–water partition coefficient (Wildman–Crippen LogP) is 3.81. The molecular formula is C19H23N5OS. The Bertz CT molecular complexity index is 921. The van der Waals surface area contributed by atoms with Gasteiger partial charge in [-0.3, -0.25) is 4.79 Å². The molecule has 2 heterocycles. The van der Waals surface area contributed by atoms with Crippen LogP contribution in [0.2, 0.25) is 0 Å². The zero-order valence-electron chi connectivity index (χ0n) is 15.7. The molecule has 0 atom stereocenters. The molecule has 26 heavy (non-hydrogen) atoms. The fourth-order valence-electron chi connectivity index (χ4n) is 2.92. The number of thioether (sulfide) groups is 1. The molecule has 0 radical (unpaired) electrons. The maximum absolute atomic E-state index is 12.8. The summed E-state index contributed by atoms with van der Waals surface area (Å²) in [7, 11) is 0. The molecule has 0 saturated carbocycles. The number of tetrazole rings is 1. The molecule has 3 rings (SSSR count). The fourth-order valence-corrected chi connectivity index (χ4v) is 3.86. The second-order valence-electron chi connectivity index (χ2n) is 7.21. The van der Waals surface area contributed by atoms with Crippen molar-refractivity contribution in [2.75, 3.05) is 5.75 Å². The van der Waals surface area contributed by atoms with E-state index >= 15 is 0 Å². The standard InChI is InChI=1S/C19H23N5OS/c1-13-11-16(14(2)23(13)15-9-7-6-8-10-15)17(25)12-26-18-20-21-22-24(18)19(3,4)5/h6-11H,12H2,1-5H3. The summed E-state index contributed by atoms with van der Waals surface area (Å²) in [4.78, 5) is 12.8. The molecule has 7 heteroatoms. The van der Waals surface area contributed by atoms with E-state index in [1.54, 1.807) is 4.68 Å². The first-order chi connectivity index (χ1) is 12.3. The number of aromatic nitrogens is 5. The van der Waals surface area contributed by atoms with E-state index in [-0.39, 0.29) is 11.3 Å². The van der Waals surface area contributed by atoms with Crippen molar-refractivity contribution in [3.8, 4) is 5.69 Å². The first-order valence-corrected chi connectivity index (χ1v) is 9.47. The molecule has 0 saturated heterocycles. The van der Waals surface area contributed by atoms with Crippen LogP contribution in [0.5, 0.6) is 0 Å². The largest absolute Gasteiger partial charge is 0.318 e. The molecule has 0 aliphatic heterocycles. The van der Waals surface area contributed by atoms with Crippen molar-refractivity contribution >= 4 is 17.5 Å². The summed E-state index contributed by atoms with van der Waals surface area (Å²) in [6, 6.07) is 12.0. The predicted molar refractivity (Wildman–Crippen MR) is 103 cm³/mol. The van der Waals surface area contributed by atoms with E-state index in [0.29, 0.717) is 10.9 Å². The van der Waals surface area contributed by atoms with Crippen LogP contribution in [0.25, 0.3) is 5.69 Å². The molecular weight excluding hydrogens is 346 g/mol. The highest BCUT2D eigenvalue weighted by Gasteiger charge is 2.22. The number of aryl methyl sites for hydroxylation is 1. The number of hydrogen-bond acceptors (Lipinski definition) is 5. The summed E-state index contributed by atoms with van der Waals surface area (Å²) in [5.41, 5.74) is 3.58. The maximum atomic E-state index is 12.8. The van der Waals surface area contributed by atoms with Crippen molar-refractivity contribution in [1.29, 1.82) is 0 Å². The van der Waals surface area contributed by atoms with E-state index in [4.69, 9.17) is 0 Å². The second kappa shape index (κ2) is 7.07. The van der Waals surface area contributed by atoms with Crippen LogP contribution in [0.4, 0.5) is 0 Å². The molecule has 0 spiro atoms. The minimum Gasteiger partial charge on any atom is -0.318 e. The van der Waals surface area contributed by atoms with E-state index in [9.17, 15) is 4.79 Å². The zero-order valence-corrected chi connectivity index (χ0v) is 16.5. The van der Waals surface area contributed by atoms with Gasteiger partial charge in [-0.15, -0.1) is 5.10 Å². The van der Waals surface area contributed by atoms with Crippen molar-refractivity contribution < 1.29 is 4.79 Å². The number of benzene rings is 1. The fraction of sp³-hybridized carbons (Fsp3) is 0.368. The monoisotopic (exact) mass is 369 g/mol. The third-order valence-electron chi connectivity index (χ3n) is 4.15. The molecule has 0 aliphatic carbocycles. The van der Waals surface area contributed by atoms with E-state index in [1.165, 1.54) is 11.8 Å². The summed E-state index contributed by atoms with van der Waals surface area (Å²) in [5, 5.41) is 12.5. The highest BCUT2D eigenvalue weighted by Crippen LogP contribution is 2.25. The van der Waals surface area contributed by atoms with Gasteiger partial charge in [0.1, 0.15) is 0 Å². The van der Waals surface area contributed by atoms with Gasteiger partial charge in [0.15, 0.2) is 5.78 Å². The lowest BCUT2D eigenvalue weighted by Crippen LogP contribution is -2.24. The van der Waals surface area contributed by atoms with Gasteiger partial charge in [-0.05, 0) is 63.2 Å². The van der Waals surface area contributed by atoms with E-state index in [1.807, 2.05) is 71.0 Å². The third-order valence-corrected chi connectivity index (χ3v) is 5.07. The SMILES string of the molecule is Cc1cc(C(=O)CSc2nnnn2C(C)(C)C)c(C)n1-c1ccccc1. The topological polar surface area (TPSA) is 65.6 Å². The van der Waals surface area contributed by atoms with Gasteiger partial charge in [-0.25, -0.2) is 4.68 Å². The number of carbonyl (C=O) groups excluding carboxylic acids is 1. The number of ketones is 1. The Labute approximate surface area is 157 Å².